The average Bonchev–Trinajstić information content (AvgIpc) is 3.01. The third-order valence-corrected chi connectivity index (χ3v) is 9.28. The number of rotatable bonds is 7. The summed E-state index contributed by atoms with van der Waals surface area (Å²) >= 11 is 1.22. The van der Waals surface area contributed by atoms with Crippen LogP contribution in [0.5, 0.6) is 5.75 Å². The maximum atomic E-state index is 14.8. The summed E-state index contributed by atoms with van der Waals surface area (Å²) in [5.74, 6) is 0.204. The smallest absolute Gasteiger partial charge is 0.263 e. The Morgan fingerprint density at radius 2 is 1.60 bits per heavy atom. The van der Waals surface area contributed by atoms with Crippen molar-refractivity contribution in [3.8, 4) is 22.7 Å². The van der Waals surface area contributed by atoms with Crippen LogP contribution >= 0.6 is 11.8 Å². The first-order valence-corrected chi connectivity index (χ1v) is 15.6. The third-order valence-electron chi connectivity index (χ3n) is 8.34. The SMILES string of the molecule is COc1ccccc1-n1c(SCC(=O)Nc2ccc(NC(C)=O)cc2)nc2c(c1=O)C1(CCCCC1)Cc1ccccc1-2. The molecule has 9 heteroatoms. The van der Waals surface area contributed by atoms with Gasteiger partial charge in [0.1, 0.15) is 5.75 Å². The molecule has 8 nitrogen and oxygen atoms in total. The van der Waals surface area contributed by atoms with Gasteiger partial charge >= 0.3 is 0 Å². The minimum absolute atomic E-state index is 0.0423. The molecular weight excluding hydrogens is 560 g/mol. The molecule has 0 aliphatic heterocycles. The van der Waals surface area contributed by atoms with Gasteiger partial charge in [-0.1, -0.05) is 67.4 Å². The number of hydrogen-bond acceptors (Lipinski definition) is 6. The van der Waals surface area contributed by atoms with Gasteiger partial charge in [-0.15, -0.1) is 0 Å². The molecule has 0 unspecified atom stereocenters. The molecular formula is C34H34N4O4S. The van der Waals surface area contributed by atoms with Crippen molar-refractivity contribution in [3.05, 3.63) is 94.3 Å². The second kappa shape index (κ2) is 12.1. The van der Waals surface area contributed by atoms with Crippen molar-refractivity contribution in [2.45, 2.75) is 56.0 Å². The molecule has 1 saturated carbocycles. The number of nitrogens with zero attached hydrogens (tertiary/aromatic N) is 2. The normalized spacial score (nSPS) is 14.8. The zero-order valence-corrected chi connectivity index (χ0v) is 25.1. The first kappa shape index (κ1) is 28.7. The number of anilines is 2. The van der Waals surface area contributed by atoms with Crippen molar-refractivity contribution in [2.24, 2.45) is 0 Å². The summed E-state index contributed by atoms with van der Waals surface area (Å²) in [4.78, 5) is 44.3. The van der Waals surface area contributed by atoms with Gasteiger partial charge in [0.15, 0.2) is 5.16 Å². The van der Waals surface area contributed by atoms with Gasteiger partial charge in [0, 0.05) is 29.3 Å². The number of fused-ring (bicyclic) bond motifs is 4. The zero-order valence-electron chi connectivity index (χ0n) is 24.3. The van der Waals surface area contributed by atoms with Crippen LogP contribution in [0.4, 0.5) is 11.4 Å². The maximum absolute atomic E-state index is 14.8. The Hall–Kier alpha value is -4.37. The molecule has 3 aromatic carbocycles. The Labute approximate surface area is 254 Å². The molecule has 2 aliphatic rings. The Morgan fingerprint density at radius 3 is 2.33 bits per heavy atom. The standard InChI is InChI=1S/C34H34N4O4S/c1-22(39)35-24-14-16-25(17-15-24)36-29(40)21-43-33-37-31-26-11-5-4-10-23(26)20-34(18-8-3-9-19-34)30(31)32(41)38(33)27-12-6-7-13-28(27)42-2/h4-7,10-17H,3,8-9,18-21H2,1-2H3,(H,35,39)(H,36,40). The van der Waals surface area contributed by atoms with E-state index in [1.54, 1.807) is 35.9 Å². The second-order valence-electron chi connectivity index (χ2n) is 11.2. The minimum Gasteiger partial charge on any atom is -0.495 e. The van der Waals surface area contributed by atoms with Crippen molar-refractivity contribution in [3.63, 3.8) is 0 Å². The molecule has 1 fully saturated rings. The highest BCUT2D eigenvalue weighted by molar-refractivity contribution is 7.99. The fourth-order valence-electron chi connectivity index (χ4n) is 6.48. The number of methoxy groups -OCH3 is 1. The summed E-state index contributed by atoms with van der Waals surface area (Å²) in [7, 11) is 1.59. The van der Waals surface area contributed by atoms with Crippen LogP contribution in [-0.4, -0.2) is 34.2 Å². The van der Waals surface area contributed by atoms with E-state index < -0.39 is 0 Å². The molecule has 2 amide bonds. The molecule has 1 spiro atoms. The summed E-state index contributed by atoms with van der Waals surface area (Å²) < 4.78 is 7.32. The van der Waals surface area contributed by atoms with E-state index in [4.69, 9.17) is 9.72 Å². The molecule has 4 aromatic rings. The number of para-hydroxylation sites is 2. The zero-order chi connectivity index (χ0) is 30.0. The number of nitrogens with one attached hydrogen (secondary N) is 2. The fraction of sp³-hybridized carbons (Fsp3) is 0.294. The summed E-state index contributed by atoms with van der Waals surface area (Å²) in [6.45, 7) is 1.44. The summed E-state index contributed by atoms with van der Waals surface area (Å²) in [6, 6.07) is 22.6. The van der Waals surface area contributed by atoms with Crippen molar-refractivity contribution >= 4 is 35.0 Å². The highest BCUT2D eigenvalue weighted by Crippen LogP contribution is 2.49. The van der Waals surface area contributed by atoms with Crippen LogP contribution in [0.2, 0.25) is 0 Å². The van der Waals surface area contributed by atoms with E-state index in [0.29, 0.717) is 28.0 Å². The molecule has 2 N–H and O–H groups in total. The number of aromatic nitrogens is 2. The highest BCUT2D eigenvalue weighted by Gasteiger charge is 2.43. The Morgan fingerprint density at radius 1 is 0.930 bits per heavy atom. The van der Waals surface area contributed by atoms with Crippen molar-refractivity contribution in [1.29, 1.82) is 0 Å². The molecule has 220 valence electrons. The van der Waals surface area contributed by atoms with Gasteiger partial charge in [-0.05, 0) is 61.2 Å². The summed E-state index contributed by atoms with van der Waals surface area (Å²) in [5.41, 5.74) is 5.22. The largest absolute Gasteiger partial charge is 0.495 e. The van der Waals surface area contributed by atoms with Gasteiger partial charge in [0.2, 0.25) is 11.8 Å². The highest BCUT2D eigenvalue weighted by atomic mass is 32.2. The van der Waals surface area contributed by atoms with E-state index in [1.165, 1.54) is 30.7 Å². The van der Waals surface area contributed by atoms with Gasteiger partial charge in [-0.2, -0.15) is 0 Å². The number of thioether (sulfide) groups is 1. The lowest BCUT2D eigenvalue weighted by Crippen LogP contribution is -2.43. The minimum atomic E-state index is -0.264. The summed E-state index contributed by atoms with van der Waals surface area (Å²) in [6.07, 6.45) is 6.07. The topological polar surface area (TPSA) is 102 Å². The summed E-state index contributed by atoms with van der Waals surface area (Å²) in [5, 5.41) is 6.05. The molecule has 6 rings (SSSR count). The molecule has 0 radical (unpaired) electrons. The molecule has 0 bridgehead atoms. The number of carbonyl (C=O) groups excluding carboxylic acids is 2. The lowest BCUT2D eigenvalue weighted by atomic mass is 9.62. The van der Waals surface area contributed by atoms with Crippen LogP contribution in [-0.2, 0) is 21.4 Å². The Kier molecular flexibility index (Phi) is 8.08. The van der Waals surface area contributed by atoms with Crippen LogP contribution in [0.25, 0.3) is 16.9 Å². The fourth-order valence-corrected chi connectivity index (χ4v) is 7.28. The van der Waals surface area contributed by atoms with Crippen LogP contribution in [0.1, 0.15) is 50.2 Å². The Balaban J connectivity index is 1.41. The Bertz CT molecular complexity index is 1740. The van der Waals surface area contributed by atoms with Crippen molar-refractivity contribution in [1.82, 2.24) is 9.55 Å². The van der Waals surface area contributed by atoms with Gasteiger partial charge in [0.25, 0.3) is 5.56 Å². The number of hydrogen-bond donors (Lipinski definition) is 2. The molecule has 43 heavy (non-hydrogen) atoms. The number of amides is 2. The van der Waals surface area contributed by atoms with E-state index in [1.807, 2.05) is 30.3 Å². The van der Waals surface area contributed by atoms with Gasteiger partial charge in [0.05, 0.1) is 29.8 Å². The van der Waals surface area contributed by atoms with Crippen LogP contribution in [0, 0.1) is 0 Å². The predicted molar refractivity (Wildman–Crippen MR) is 170 cm³/mol. The monoisotopic (exact) mass is 594 g/mol. The van der Waals surface area contributed by atoms with E-state index >= 15 is 0 Å². The average molecular weight is 595 g/mol. The molecule has 0 saturated heterocycles. The molecule has 2 aliphatic carbocycles. The van der Waals surface area contributed by atoms with Gasteiger partial charge < -0.3 is 15.4 Å². The lowest BCUT2D eigenvalue weighted by Gasteiger charge is -2.42. The number of benzene rings is 3. The van der Waals surface area contributed by atoms with Gasteiger partial charge in [-0.25, -0.2) is 4.98 Å². The van der Waals surface area contributed by atoms with Crippen LogP contribution in [0.15, 0.2) is 82.7 Å². The first-order valence-electron chi connectivity index (χ1n) is 14.6. The van der Waals surface area contributed by atoms with E-state index in [0.717, 1.165) is 48.9 Å². The molecule has 0 atom stereocenters. The van der Waals surface area contributed by atoms with E-state index in [-0.39, 0.29) is 28.5 Å². The second-order valence-corrected chi connectivity index (χ2v) is 12.1. The maximum Gasteiger partial charge on any atom is 0.263 e. The molecule has 1 heterocycles. The number of ether oxygens (including phenoxy) is 1. The van der Waals surface area contributed by atoms with Gasteiger partial charge in [-0.3, -0.25) is 19.0 Å². The number of carbonyl (C=O) groups is 2. The van der Waals surface area contributed by atoms with Crippen LogP contribution in [0.3, 0.4) is 0 Å². The first-order chi connectivity index (χ1) is 20.9. The van der Waals surface area contributed by atoms with Crippen molar-refractivity contribution < 1.29 is 14.3 Å². The van der Waals surface area contributed by atoms with Crippen LogP contribution < -0.4 is 20.9 Å². The quantitative estimate of drug-likeness (QED) is 0.191. The van der Waals surface area contributed by atoms with E-state index in [9.17, 15) is 14.4 Å². The van der Waals surface area contributed by atoms with E-state index in [2.05, 4.69) is 28.8 Å². The predicted octanol–water partition coefficient (Wildman–Crippen LogP) is 6.36. The molecule has 1 aromatic heterocycles. The third kappa shape index (κ3) is 5.69. The lowest BCUT2D eigenvalue weighted by molar-refractivity contribution is -0.114. The van der Waals surface area contributed by atoms with Crippen molar-refractivity contribution in [2.75, 3.05) is 23.5 Å².